The van der Waals surface area contributed by atoms with E-state index in [1.165, 1.54) is 16.8 Å². The summed E-state index contributed by atoms with van der Waals surface area (Å²) in [5.41, 5.74) is 2.28. The van der Waals surface area contributed by atoms with Crippen LogP contribution in [0.2, 0.25) is 0 Å². The van der Waals surface area contributed by atoms with E-state index >= 15 is 4.39 Å². The molecule has 5 aromatic heterocycles. The Bertz CT molecular complexity index is 2110. The fraction of sp³-hybridized carbons (Fsp3) is 0.242. The number of thiophene rings is 1. The number of rotatable bonds is 6. The normalized spacial score (nSPS) is 15.3. The minimum atomic E-state index is -0.742. The van der Waals surface area contributed by atoms with E-state index in [9.17, 15) is 10.1 Å². The third kappa shape index (κ3) is 5.20. The van der Waals surface area contributed by atoms with Gasteiger partial charge < -0.3 is 5.32 Å². The molecule has 0 unspecified atom stereocenters. The molecule has 1 N–H and O–H groups in total. The van der Waals surface area contributed by atoms with Crippen LogP contribution in [0, 0.1) is 17.1 Å². The quantitative estimate of drug-likeness (QED) is 0.248. The van der Waals surface area contributed by atoms with Crippen molar-refractivity contribution in [2.45, 2.75) is 38.1 Å². The van der Waals surface area contributed by atoms with Gasteiger partial charge in [0.05, 0.1) is 34.5 Å². The highest BCUT2D eigenvalue weighted by atomic mass is 32.1. The van der Waals surface area contributed by atoms with Crippen molar-refractivity contribution in [3.8, 4) is 22.2 Å². The molecule has 1 aliphatic rings. The number of amides is 1. The second-order valence-electron chi connectivity index (χ2n) is 11.5. The van der Waals surface area contributed by atoms with Gasteiger partial charge in [-0.1, -0.05) is 5.21 Å². The minimum Gasteiger partial charge on any atom is -0.315 e. The lowest BCUT2D eigenvalue weighted by atomic mass is 9.90. The zero-order valence-electron chi connectivity index (χ0n) is 24.6. The summed E-state index contributed by atoms with van der Waals surface area (Å²) < 4.78 is 18.2. The summed E-state index contributed by atoms with van der Waals surface area (Å²) in [6.45, 7) is 5.09. The Morgan fingerprint density at radius 3 is 2.78 bits per heavy atom. The average Bonchev–Trinajstić information content (AvgIpc) is 3.71. The second-order valence-corrected chi connectivity index (χ2v) is 12.6. The number of anilines is 1. The number of nitrogens with one attached hydrogen (secondary N) is 1. The van der Waals surface area contributed by atoms with Gasteiger partial charge in [-0.25, -0.2) is 14.4 Å². The molecule has 0 bridgehead atoms. The highest BCUT2D eigenvalue weighted by molar-refractivity contribution is 7.22. The lowest BCUT2D eigenvalue weighted by molar-refractivity contribution is 0.0968. The summed E-state index contributed by atoms with van der Waals surface area (Å²) in [5.74, 6) is -0.659. The monoisotopic (exact) mass is 617 g/mol. The molecule has 0 spiro atoms. The molecule has 1 saturated heterocycles. The van der Waals surface area contributed by atoms with Crippen LogP contribution < -0.4 is 10.2 Å². The minimum absolute atomic E-state index is 0.0616. The third-order valence-electron chi connectivity index (χ3n) is 8.11. The molecule has 6 aromatic rings. The molecule has 1 amide bonds. The van der Waals surface area contributed by atoms with E-state index in [4.69, 9.17) is 4.98 Å². The molecule has 0 saturated carbocycles. The fourth-order valence-corrected chi connectivity index (χ4v) is 6.68. The molecule has 1 aromatic carbocycles. The van der Waals surface area contributed by atoms with Gasteiger partial charge in [0.25, 0.3) is 5.91 Å². The molecule has 1 fully saturated rings. The van der Waals surface area contributed by atoms with Crippen LogP contribution in [-0.2, 0) is 5.41 Å². The summed E-state index contributed by atoms with van der Waals surface area (Å²) in [6, 6.07) is 17.8. The van der Waals surface area contributed by atoms with Gasteiger partial charge in [-0.15, -0.1) is 16.4 Å². The molecule has 1 aliphatic heterocycles. The Hall–Kier alpha value is -5.12. The van der Waals surface area contributed by atoms with Gasteiger partial charge in [0.15, 0.2) is 5.65 Å². The predicted octanol–water partition coefficient (Wildman–Crippen LogP) is 5.83. The topological polar surface area (TPSA) is 126 Å². The van der Waals surface area contributed by atoms with Crippen molar-refractivity contribution in [1.29, 1.82) is 5.26 Å². The molecule has 0 radical (unpaired) electrons. The standard InChI is InChI=1S/C33H28FN9OS/c1-33(2,19-35)29-15-20(9-13-37-29)28-17-24-27(45-28)10-14-39-30(24)42(22-5-3-11-36-18-22)32(44)23-8-7-21(16-25(23)34)43-31-26(40-41-43)6-4-12-38-31/h4,6-10,12-17,22,36H,3,5,11,18H2,1-2H3/t22-/m1/s1. The molecular weight excluding hydrogens is 589 g/mol. The first-order valence-electron chi connectivity index (χ1n) is 14.6. The van der Waals surface area contributed by atoms with Crippen LogP contribution in [0.3, 0.4) is 0 Å². The number of carbonyl (C=O) groups is 1. The Morgan fingerprint density at radius 1 is 1.11 bits per heavy atom. The smallest absolute Gasteiger partial charge is 0.262 e. The maximum Gasteiger partial charge on any atom is 0.262 e. The van der Waals surface area contributed by atoms with Gasteiger partial charge in [-0.3, -0.25) is 14.7 Å². The molecule has 1 atom stereocenters. The summed E-state index contributed by atoms with van der Waals surface area (Å²) in [7, 11) is 0. The molecule has 0 aliphatic carbocycles. The number of nitriles is 1. The summed E-state index contributed by atoms with van der Waals surface area (Å²) in [5, 5.41) is 22.1. The Balaban J connectivity index is 1.30. The Labute approximate surface area is 262 Å². The first-order valence-corrected chi connectivity index (χ1v) is 15.4. The lowest BCUT2D eigenvalue weighted by Gasteiger charge is -2.34. The average molecular weight is 618 g/mol. The number of halogens is 1. The first kappa shape index (κ1) is 28.6. The number of pyridine rings is 3. The van der Waals surface area contributed by atoms with Gasteiger partial charge in [-0.2, -0.15) is 9.94 Å². The van der Waals surface area contributed by atoms with Crippen LogP contribution in [0.4, 0.5) is 10.2 Å². The maximum atomic E-state index is 15.8. The largest absolute Gasteiger partial charge is 0.315 e. The lowest BCUT2D eigenvalue weighted by Crippen LogP contribution is -2.49. The zero-order valence-corrected chi connectivity index (χ0v) is 25.4. The van der Waals surface area contributed by atoms with Gasteiger partial charge in [-0.05, 0) is 87.3 Å². The number of benzene rings is 1. The van der Waals surface area contributed by atoms with Gasteiger partial charge in [0.1, 0.15) is 17.2 Å². The Morgan fingerprint density at radius 2 is 1.98 bits per heavy atom. The number of aromatic nitrogens is 6. The van der Waals surface area contributed by atoms with Gasteiger partial charge in [0, 0.05) is 46.2 Å². The zero-order chi connectivity index (χ0) is 31.1. The van der Waals surface area contributed by atoms with E-state index in [-0.39, 0.29) is 11.6 Å². The molecule has 45 heavy (non-hydrogen) atoms. The predicted molar refractivity (Wildman–Crippen MR) is 171 cm³/mol. The number of hydrogen-bond donors (Lipinski definition) is 1. The first-order chi connectivity index (χ1) is 21.8. The van der Waals surface area contributed by atoms with Crippen LogP contribution >= 0.6 is 11.3 Å². The third-order valence-corrected chi connectivity index (χ3v) is 9.26. The molecule has 7 rings (SSSR count). The van der Waals surface area contributed by atoms with Crippen molar-refractivity contribution in [1.82, 2.24) is 35.3 Å². The van der Waals surface area contributed by atoms with Crippen LogP contribution in [0.15, 0.2) is 73.2 Å². The molecule has 12 heteroatoms. The number of nitrogens with zero attached hydrogens (tertiary/aromatic N) is 8. The van der Waals surface area contributed by atoms with Crippen molar-refractivity contribution < 1.29 is 9.18 Å². The fourth-order valence-electron chi connectivity index (χ4n) is 5.63. The van der Waals surface area contributed by atoms with Gasteiger partial charge in [0.2, 0.25) is 0 Å². The molecule has 224 valence electrons. The van der Waals surface area contributed by atoms with Crippen LogP contribution in [0.25, 0.3) is 37.4 Å². The van der Waals surface area contributed by atoms with Crippen molar-refractivity contribution in [3.63, 3.8) is 0 Å². The Kier molecular flexibility index (Phi) is 7.27. The van der Waals surface area contributed by atoms with E-state index in [0.29, 0.717) is 34.9 Å². The van der Waals surface area contributed by atoms with E-state index in [1.807, 2.05) is 38.1 Å². The highest BCUT2D eigenvalue weighted by Crippen LogP contribution is 2.39. The number of piperidine rings is 1. The maximum absolute atomic E-state index is 15.8. The summed E-state index contributed by atoms with van der Waals surface area (Å²) in [6.07, 6.45) is 6.65. The van der Waals surface area contributed by atoms with Crippen molar-refractivity contribution in [3.05, 3.63) is 90.3 Å². The van der Waals surface area contributed by atoms with Crippen molar-refractivity contribution in [2.24, 2.45) is 0 Å². The van der Waals surface area contributed by atoms with E-state index in [0.717, 1.165) is 39.9 Å². The van der Waals surface area contributed by atoms with E-state index < -0.39 is 17.1 Å². The van der Waals surface area contributed by atoms with Crippen LogP contribution in [0.1, 0.15) is 42.7 Å². The second kappa shape index (κ2) is 11.4. The van der Waals surface area contributed by atoms with Crippen molar-refractivity contribution >= 4 is 44.3 Å². The van der Waals surface area contributed by atoms with E-state index in [2.05, 4.69) is 31.7 Å². The van der Waals surface area contributed by atoms with Crippen LogP contribution in [-0.4, -0.2) is 55.0 Å². The molecular formula is C33H28FN9OS. The number of hydrogen-bond acceptors (Lipinski definition) is 9. The molecule has 10 nitrogen and oxygen atoms in total. The number of carbonyl (C=O) groups excluding carboxylic acids is 1. The van der Waals surface area contributed by atoms with Crippen molar-refractivity contribution in [2.75, 3.05) is 18.0 Å². The summed E-state index contributed by atoms with van der Waals surface area (Å²) >= 11 is 1.57. The summed E-state index contributed by atoms with van der Waals surface area (Å²) in [4.78, 5) is 30.4. The van der Waals surface area contributed by atoms with Gasteiger partial charge >= 0.3 is 0 Å². The van der Waals surface area contributed by atoms with E-state index in [1.54, 1.807) is 53.0 Å². The SMILES string of the molecule is CC(C)(C#N)c1cc(-c2cc3c(N(C(=O)c4ccc(-n5nnc6cccnc65)cc4F)[C@@H]4CCCNC4)nccc3s2)ccn1. The van der Waals surface area contributed by atoms with Crippen LogP contribution in [0.5, 0.6) is 0 Å². The molecule has 6 heterocycles. The number of fused-ring (bicyclic) bond motifs is 2. The highest BCUT2D eigenvalue weighted by Gasteiger charge is 2.32.